The monoisotopic (exact) mass is 301 g/mol. The van der Waals surface area contributed by atoms with Crippen LogP contribution in [0.15, 0.2) is 0 Å². The zero-order chi connectivity index (χ0) is 15.4. The van der Waals surface area contributed by atoms with Gasteiger partial charge in [0.05, 0.1) is 12.6 Å². The van der Waals surface area contributed by atoms with Crippen LogP contribution < -0.4 is 0 Å². The molecular formula is C14H21F2N3O2. The smallest absolute Gasteiger partial charge is 0.361 e. The molecule has 0 atom stereocenters. The highest BCUT2D eigenvalue weighted by atomic mass is 19.3. The second-order valence-corrected chi connectivity index (χ2v) is 5.37. The maximum atomic E-state index is 13.3. The van der Waals surface area contributed by atoms with E-state index in [0.29, 0.717) is 5.92 Å². The van der Waals surface area contributed by atoms with Gasteiger partial charge in [0, 0.05) is 0 Å². The van der Waals surface area contributed by atoms with E-state index in [1.165, 1.54) is 4.68 Å². The number of hydrogen-bond donors (Lipinski definition) is 0. The zero-order valence-corrected chi connectivity index (χ0v) is 12.4. The Labute approximate surface area is 122 Å². The van der Waals surface area contributed by atoms with Crippen LogP contribution >= 0.6 is 0 Å². The predicted octanol–water partition coefficient (Wildman–Crippen LogP) is 3.53. The number of ether oxygens (including phenoxy) is 1. The molecule has 1 aliphatic rings. The van der Waals surface area contributed by atoms with E-state index in [0.717, 1.165) is 32.1 Å². The molecule has 0 radical (unpaired) electrons. The van der Waals surface area contributed by atoms with Crippen molar-refractivity contribution in [1.29, 1.82) is 0 Å². The molecule has 1 saturated carbocycles. The zero-order valence-electron chi connectivity index (χ0n) is 12.4. The first kappa shape index (κ1) is 15.9. The quantitative estimate of drug-likeness (QED) is 0.781. The van der Waals surface area contributed by atoms with Crippen molar-refractivity contribution in [2.75, 3.05) is 6.61 Å². The lowest BCUT2D eigenvalue weighted by Gasteiger charge is -2.28. The van der Waals surface area contributed by atoms with Crippen molar-refractivity contribution < 1.29 is 18.3 Å². The molecule has 0 saturated heterocycles. The fourth-order valence-corrected chi connectivity index (χ4v) is 2.92. The van der Waals surface area contributed by atoms with Gasteiger partial charge in [0.25, 0.3) is 6.43 Å². The number of carbonyl (C=O) groups excluding carboxylic acids is 1. The van der Waals surface area contributed by atoms with E-state index < -0.39 is 18.1 Å². The molecule has 0 spiro atoms. The van der Waals surface area contributed by atoms with Gasteiger partial charge in [0.2, 0.25) is 0 Å². The molecule has 0 amide bonds. The Balaban J connectivity index is 2.22. The number of hydrogen-bond acceptors (Lipinski definition) is 4. The summed E-state index contributed by atoms with van der Waals surface area (Å²) in [4.78, 5) is 11.7. The summed E-state index contributed by atoms with van der Waals surface area (Å²) in [6.07, 6.45) is 1.91. The van der Waals surface area contributed by atoms with Crippen LogP contribution in [0.4, 0.5) is 8.78 Å². The number of carbonyl (C=O) groups is 1. The number of esters is 1. The molecule has 1 aromatic heterocycles. The number of nitrogens with zero attached hydrogens (tertiary/aromatic N) is 3. The van der Waals surface area contributed by atoms with Gasteiger partial charge >= 0.3 is 5.97 Å². The molecule has 7 heteroatoms. The Morgan fingerprint density at radius 2 is 2.00 bits per heavy atom. The van der Waals surface area contributed by atoms with Gasteiger partial charge in [-0.05, 0) is 38.5 Å². The topological polar surface area (TPSA) is 57.0 Å². The molecule has 1 aliphatic carbocycles. The van der Waals surface area contributed by atoms with Crippen LogP contribution in [0, 0.1) is 5.92 Å². The van der Waals surface area contributed by atoms with Crippen LogP contribution in [0.25, 0.3) is 0 Å². The predicted molar refractivity (Wildman–Crippen MR) is 72.2 cm³/mol. The lowest BCUT2D eigenvalue weighted by atomic mass is 9.84. The van der Waals surface area contributed by atoms with E-state index in [1.807, 2.05) is 0 Å². The van der Waals surface area contributed by atoms with E-state index >= 15 is 0 Å². The molecule has 2 rings (SSSR count). The molecule has 0 aliphatic heterocycles. The third-order valence-electron chi connectivity index (χ3n) is 4.15. The van der Waals surface area contributed by atoms with Crippen molar-refractivity contribution in [2.24, 2.45) is 5.92 Å². The van der Waals surface area contributed by atoms with E-state index in [-0.39, 0.29) is 18.3 Å². The highest BCUT2D eigenvalue weighted by Gasteiger charge is 2.32. The number of rotatable bonds is 5. The summed E-state index contributed by atoms with van der Waals surface area (Å²) in [6.45, 7) is 3.89. The molecule has 118 valence electrons. The SMILES string of the molecule is CCOC(=O)c1nnn(C2CCC(CC)CC2)c1C(F)F. The lowest BCUT2D eigenvalue weighted by Crippen LogP contribution is -2.21. The van der Waals surface area contributed by atoms with E-state index in [2.05, 4.69) is 17.2 Å². The Kier molecular flexibility index (Phi) is 5.25. The standard InChI is InChI=1S/C14H21F2N3O2/c1-3-9-5-7-10(8-6-9)19-12(13(15)16)11(17-18-19)14(20)21-4-2/h9-10,13H,3-8H2,1-2H3. The fourth-order valence-electron chi connectivity index (χ4n) is 2.92. The summed E-state index contributed by atoms with van der Waals surface area (Å²) < 4.78 is 32.6. The second-order valence-electron chi connectivity index (χ2n) is 5.37. The first-order valence-electron chi connectivity index (χ1n) is 7.48. The van der Waals surface area contributed by atoms with Gasteiger partial charge in [-0.3, -0.25) is 0 Å². The summed E-state index contributed by atoms with van der Waals surface area (Å²) in [5.41, 5.74) is -0.766. The van der Waals surface area contributed by atoms with Gasteiger partial charge in [-0.15, -0.1) is 5.10 Å². The van der Waals surface area contributed by atoms with Crippen molar-refractivity contribution in [3.8, 4) is 0 Å². The minimum atomic E-state index is -2.79. The minimum Gasteiger partial charge on any atom is -0.461 e. The third kappa shape index (κ3) is 3.39. The van der Waals surface area contributed by atoms with Gasteiger partial charge in [-0.25, -0.2) is 18.3 Å². The van der Waals surface area contributed by atoms with Gasteiger partial charge in [0.15, 0.2) is 5.69 Å². The Bertz CT molecular complexity index is 483. The first-order valence-corrected chi connectivity index (χ1v) is 7.48. The van der Waals surface area contributed by atoms with E-state index in [4.69, 9.17) is 4.74 Å². The summed E-state index contributed by atoms with van der Waals surface area (Å²) in [6, 6.07) is -0.104. The largest absolute Gasteiger partial charge is 0.461 e. The summed E-state index contributed by atoms with van der Waals surface area (Å²) >= 11 is 0. The van der Waals surface area contributed by atoms with Gasteiger partial charge in [-0.1, -0.05) is 18.6 Å². The normalized spacial score (nSPS) is 22.5. The van der Waals surface area contributed by atoms with E-state index in [1.54, 1.807) is 6.92 Å². The molecule has 0 unspecified atom stereocenters. The Hall–Kier alpha value is -1.53. The maximum absolute atomic E-state index is 13.3. The average molecular weight is 301 g/mol. The number of alkyl halides is 2. The molecule has 0 aromatic carbocycles. The molecule has 0 bridgehead atoms. The van der Waals surface area contributed by atoms with Crippen LogP contribution in [0.2, 0.25) is 0 Å². The van der Waals surface area contributed by atoms with Crippen LogP contribution in [0.3, 0.4) is 0 Å². The highest BCUT2D eigenvalue weighted by molar-refractivity contribution is 5.88. The molecule has 1 aromatic rings. The van der Waals surface area contributed by atoms with Gasteiger partial charge < -0.3 is 4.74 Å². The summed E-state index contributed by atoms with van der Waals surface area (Å²) in [5, 5.41) is 7.43. The highest BCUT2D eigenvalue weighted by Crippen LogP contribution is 2.36. The van der Waals surface area contributed by atoms with Crippen LogP contribution in [0.5, 0.6) is 0 Å². The lowest BCUT2D eigenvalue weighted by molar-refractivity contribution is 0.0505. The fraction of sp³-hybridized carbons (Fsp3) is 0.786. The van der Waals surface area contributed by atoms with Crippen molar-refractivity contribution in [1.82, 2.24) is 15.0 Å². The van der Waals surface area contributed by atoms with E-state index in [9.17, 15) is 13.6 Å². The van der Waals surface area contributed by atoms with Crippen LogP contribution in [-0.2, 0) is 4.74 Å². The first-order chi connectivity index (χ1) is 10.1. The van der Waals surface area contributed by atoms with Crippen molar-refractivity contribution in [3.05, 3.63) is 11.4 Å². The molecule has 0 N–H and O–H groups in total. The second kappa shape index (κ2) is 6.95. The van der Waals surface area contributed by atoms with Gasteiger partial charge in [-0.2, -0.15) is 0 Å². The summed E-state index contributed by atoms with van der Waals surface area (Å²) in [5.74, 6) is -0.175. The molecule has 1 fully saturated rings. The minimum absolute atomic E-state index is 0.104. The van der Waals surface area contributed by atoms with Crippen molar-refractivity contribution in [2.45, 2.75) is 58.4 Å². The molecule has 5 nitrogen and oxygen atoms in total. The average Bonchev–Trinajstić information content (AvgIpc) is 2.92. The number of aromatic nitrogens is 3. The number of halogens is 2. The molecular weight excluding hydrogens is 280 g/mol. The van der Waals surface area contributed by atoms with Crippen LogP contribution in [-0.4, -0.2) is 27.6 Å². The Morgan fingerprint density at radius 3 is 2.52 bits per heavy atom. The molecule has 1 heterocycles. The maximum Gasteiger partial charge on any atom is 0.361 e. The summed E-state index contributed by atoms with van der Waals surface area (Å²) in [7, 11) is 0. The van der Waals surface area contributed by atoms with Gasteiger partial charge in [0.1, 0.15) is 5.69 Å². The van der Waals surface area contributed by atoms with Crippen molar-refractivity contribution in [3.63, 3.8) is 0 Å². The van der Waals surface area contributed by atoms with Crippen LogP contribution in [0.1, 0.15) is 74.6 Å². The van der Waals surface area contributed by atoms with Crippen molar-refractivity contribution >= 4 is 5.97 Å². The Morgan fingerprint density at radius 1 is 1.33 bits per heavy atom. The molecule has 21 heavy (non-hydrogen) atoms. The third-order valence-corrected chi connectivity index (χ3v) is 4.15.